The number of unbranched alkanes of at least 4 members (excludes halogenated alkanes) is 6. The van der Waals surface area contributed by atoms with Gasteiger partial charge in [0.15, 0.2) is 0 Å². The molecule has 0 aliphatic heterocycles. The van der Waals surface area contributed by atoms with Crippen LogP contribution in [0.25, 0.3) is 0 Å². The Morgan fingerprint density at radius 1 is 0.769 bits per heavy atom. The zero-order valence-corrected chi connectivity index (χ0v) is 15.6. The molecule has 2 aromatic rings. The van der Waals surface area contributed by atoms with Crippen LogP contribution in [-0.2, 0) is 0 Å². The fourth-order valence-corrected chi connectivity index (χ4v) is 2.59. The summed E-state index contributed by atoms with van der Waals surface area (Å²) in [5.74, 6) is 0.866. The number of ether oxygens (including phenoxy) is 1. The lowest BCUT2D eigenvalue weighted by atomic mass is 10.1. The Balaban J connectivity index is 1.68. The maximum atomic E-state index is 10.6. The van der Waals surface area contributed by atoms with Gasteiger partial charge in [0.1, 0.15) is 12.0 Å². The molecule has 4 heteroatoms. The summed E-state index contributed by atoms with van der Waals surface area (Å²) in [7, 11) is 0. The number of hydrogen-bond acceptors (Lipinski definition) is 4. The lowest BCUT2D eigenvalue weighted by molar-refractivity contribution is 0.112. The minimum atomic E-state index is 0.631. The van der Waals surface area contributed by atoms with Crippen molar-refractivity contribution in [2.24, 2.45) is 10.2 Å². The third-order valence-corrected chi connectivity index (χ3v) is 4.16. The van der Waals surface area contributed by atoms with Crippen LogP contribution in [0.1, 0.15) is 62.2 Å². The maximum Gasteiger partial charge on any atom is 0.150 e. The van der Waals surface area contributed by atoms with E-state index in [0.717, 1.165) is 36.4 Å². The molecule has 0 aliphatic carbocycles. The van der Waals surface area contributed by atoms with Gasteiger partial charge in [-0.2, -0.15) is 10.2 Å². The number of aldehydes is 1. The lowest BCUT2D eigenvalue weighted by Crippen LogP contribution is -1.96. The van der Waals surface area contributed by atoms with Crippen molar-refractivity contribution < 1.29 is 9.53 Å². The maximum absolute atomic E-state index is 10.6. The van der Waals surface area contributed by atoms with Crippen LogP contribution in [0.4, 0.5) is 11.4 Å². The van der Waals surface area contributed by atoms with E-state index in [2.05, 4.69) is 17.2 Å². The highest BCUT2D eigenvalue weighted by Crippen LogP contribution is 2.21. The van der Waals surface area contributed by atoms with Crippen molar-refractivity contribution in [1.29, 1.82) is 0 Å². The number of azo groups is 1. The van der Waals surface area contributed by atoms with Crippen LogP contribution in [0.2, 0.25) is 0 Å². The van der Waals surface area contributed by atoms with Crippen LogP contribution in [-0.4, -0.2) is 12.9 Å². The highest BCUT2D eigenvalue weighted by Gasteiger charge is 1.97. The lowest BCUT2D eigenvalue weighted by Gasteiger charge is -2.06. The standard InChI is InChI=1S/C22H28N2O2/c1-2-3-4-5-6-7-8-17-26-22-15-13-21(14-16-22)24-23-20-11-9-19(18-25)10-12-20/h9-16,18H,2-8,17H2,1H3. The molecule has 0 unspecified atom stereocenters. The summed E-state index contributed by atoms with van der Waals surface area (Å²) in [5, 5.41) is 8.37. The van der Waals surface area contributed by atoms with Crippen molar-refractivity contribution in [2.75, 3.05) is 6.61 Å². The molecule has 0 bridgehead atoms. The van der Waals surface area contributed by atoms with Crippen molar-refractivity contribution in [1.82, 2.24) is 0 Å². The van der Waals surface area contributed by atoms with E-state index >= 15 is 0 Å². The van der Waals surface area contributed by atoms with Gasteiger partial charge in [-0.1, -0.05) is 45.4 Å². The van der Waals surface area contributed by atoms with Gasteiger partial charge in [0.25, 0.3) is 0 Å². The van der Waals surface area contributed by atoms with E-state index in [1.807, 2.05) is 24.3 Å². The van der Waals surface area contributed by atoms with Crippen molar-refractivity contribution >= 4 is 17.7 Å². The summed E-state index contributed by atoms with van der Waals surface area (Å²) in [6, 6.07) is 14.6. The number of benzene rings is 2. The molecule has 0 spiro atoms. The van der Waals surface area contributed by atoms with Crippen molar-refractivity contribution in [3.05, 3.63) is 54.1 Å². The first-order valence-corrected chi connectivity index (χ1v) is 9.51. The third kappa shape index (κ3) is 7.60. The Kier molecular flexibility index (Phi) is 9.12. The van der Waals surface area contributed by atoms with Gasteiger partial charge in [-0.3, -0.25) is 4.79 Å². The van der Waals surface area contributed by atoms with Gasteiger partial charge in [0.2, 0.25) is 0 Å². The summed E-state index contributed by atoms with van der Waals surface area (Å²) in [5.41, 5.74) is 2.12. The molecule has 4 nitrogen and oxygen atoms in total. The van der Waals surface area contributed by atoms with Crippen molar-refractivity contribution in [3.8, 4) is 5.75 Å². The van der Waals surface area contributed by atoms with E-state index < -0.39 is 0 Å². The average Bonchev–Trinajstić information content (AvgIpc) is 2.69. The van der Waals surface area contributed by atoms with E-state index in [9.17, 15) is 4.79 Å². The van der Waals surface area contributed by atoms with Gasteiger partial charge < -0.3 is 4.74 Å². The van der Waals surface area contributed by atoms with E-state index in [-0.39, 0.29) is 0 Å². The minimum absolute atomic E-state index is 0.631. The molecule has 0 atom stereocenters. The molecule has 2 aromatic carbocycles. The summed E-state index contributed by atoms with van der Waals surface area (Å²) in [6.07, 6.45) is 9.79. The average molecular weight is 352 g/mol. The molecule has 0 amide bonds. The molecule has 0 aromatic heterocycles. The van der Waals surface area contributed by atoms with Gasteiger partial charge in [-0.25, -0.2) is 0 Å². The zero-order chi connectivity index (χ0) is 18.5. The highest BCUT2D eigenvalue weighted by atomic mass is 16.5. The van der Waals surface area contributed by atoms with Gasteiger partial charge in [-0.15, -0.1) is 0 Å². The summed E-state index contributed by atoms with van der Waals surface area (Å²) in [4.78, 5) is 10.6. The van der Waals surface area contributed by atoms with E-state index in [1.54, 1.807) is 24.3 Å². The van der Waals surface area contributed by atoms with Gasteiger partial charge in [-0.05, 0) is 55.0 Å². The first-order valence-electron chi connectivity index (χ1n) is 9.51. The van der Waals surface area contributed by atoms with Gasteiger partial charge in [0, 0.05) is 5.56 Å². The second-order valence-electron chi connectivity index (χ2n) is 6.37. The van der Waals surface area contributed by atoms with Crippen LogP contribution in [0.15, 0.2) is 58.8 Å². The normalized spacial score (nSPS) is 11.0. The first-order chi connectivity index (χ1) is 12.8. The number of carbonyl (C=O) groups is 1. The van der Waals surface area contributed by atoms with E-state index in [1.165, 1.54) is 38.5 Å². The molecule has 0 aliphatic rings. The largest absolute Gasteiger partial charge is 0.494 e. The number of rotatable bonds is 12. The van der Waals surface area contributed by atoms with Crippen LogP contribution in [0.5, 0.6) is 5.75 Å². The van der Waals surface area contributed by atoms with Crippen LogP contribution >= 0.6 is 0 Å². The molecule has 0 radical (unpaired) electrons. The second kappa shape index (κ2) is 12.0. The topological polar surface area (TPSA) is 51.0 Å². The number of nitrogens with zero attached hydrogens (tertiary/aromatic N) is 2. The molecular weight excluding hydrogens is 324 g/mol. The Bertz CT molecular complexity index is 664. The Labute approximate surface area is 156 Å². The first kappa shape index (κ1) is 19.8. The smallest absolute Gasteiger partial charge is 0.150 e. The van der Waals surface area contributed by atoms with E-state index in [4.69, 9.17) is 4.74 Å². The predicted octanol–water partition coefficient (Wildman–Crippen LogP) is 7.04. The Hall–Kier alpha value is -2.49. The Morgan fingerprint density at radius 3 is 1.88 bits per heavy atom. The molecule has 0 saturated carbocycles. The molecule has 0 N–H and O–H groups in total. The van der Waals surface area contributed by atoms with Gasteiger partial charge >= 0.3 is 0 Å². The fourth-order valence-electron chi connectivity index (χ4n) is 2.59. The predicted molar refractivity (Wildman–Crippen MR) is 106 cm³/mol. The second-order valence-corrected chi connectivity index (χ2v) is 6.37. The summed E-state index contributed by atoms with van der Waals surface area (Å²) < 4.78 is 5.77. The zero-order valence-electron chi connectivity index (χ0n) is 15.6. The molecule has 0 saturated heterocycles. The van der Waals surface area contributed by atoms with Crippen LogP contribution < -0.4 is 4.74 Å². The third-order valence-electron chi connectivity index (χ3n) is 4.16. The van der Waals surface area contributed by atoms with Crippen LogP contribution in [0, 0.1) is 0 Å². The minimum Gasteiger partial charge on any atom is -0.494 e. The van der Waals surface area contributed by atoms with E-state index in [0.29, 0.717) is 5.56 Å². The summed E-state index contributed by atoms with van der Waals surface area (Å²) in [6.45, 7) is 3.00. The van der Waals surface area contributed by atoms with Gasteiger partial charge in [0.05, 0.1) is 18.0 Å². The number of hydrogen-bond donors (Lipinski definition) is 0. The number of carbonyl (C=O) groups excluding carboxylic acids is 1. The fraction of sp³-hybridized carbons (Fsp3) is 0.409. The van der Waals surface area contributed by atoms with Crippen molar-refractivity contribution in [3.63, 3.8) is 0 Å². The van der Waals surface area contributed by atoms with Crippen LogP contribution in [0.3, 0.4) is 0 Å². The molecule has 138 valence electrons. The monoisotopic (exact) mass is 352 g/mol. The molecular formula is C22H28N2O2. The molecule has 26 heavy (non-hydrogen) atoms. The SMILES string of the molecule is CCCCCCCCCOc1ccc(N=Nc2ccc(C=O)cc2)cc1. The summed E-state index contributed by atoms with van der Waals surface area (Å²) >= 11 is 0. The molecule has 2 rings (SSSR count). The molecule has 0 heterocycles. The quantitative estimate of drug-likeness (QED) is 0.233. The molecule has 0 fully saturated rings. The van der Waals surface area contributed by atoms with Crippen molar-refractivity contribution in [2.45, 2.75) is 51.9 Å². The Morgan fingerprint density at radius 2 is 1.31 bits per heavy atom. The highest BCUT2D eigenvalue weighted by molar-refractivity contribution is 5.75.